The van der Waals surface area contributed by atoms with Crippen LogP contribution in [0.1, 0.15) is 32.6 Å². The third kappa shape index (κ3) is 10.1. The van der Waals surface area contributed by atoms with Crippen LogP contribution in [0.4, 0.5) is 0 Å². The van der Waals surface area contributed by atoms with Crippen molar-refractivity contribution >= 4 is 34.9 Å². The number of rotatable bonds is 13. The van der Waals surface area contributed by atoms with Gasteiger partial charge in [-0.1, -0.05) is 12.2 Å². The van der Waals surface area contributed by atoms with E-state index in [1.165, 1.54) is 6.92 Å². The first-order chi connectivity index (χ1) is 11.6. The Morgan fingerprint density at radius 2 is 1.80 bits per heavy atom. The van der Waals surface area contributed by atoms with E-state index in [-0.39, 0.29) is 37.3 Å². The summed E-state index contributed by atoms with van der Waals surface area (Å²) in [5, 5.41) is 30.0. The van der Waals surface area contributed by atoms with Gasteiger partial charge in [-0.2, -0.15) is 0 Å². The van der Waals surface area contributed by atoms with Gasteiger partial charge in [0, 0.05) is 19.0 Å². The molecular formula is C15H27N3O6S. The molecule has 2 amide bonds. The topological polar surface area (TPSA) is 176 Å². The summed E-state index contributed by atoms with van der Waals surface area (Å²) in [6.07, 6.45) is -1.05. The molecule has 9 nitrogen and oxygen atoms in total. The van der Waals surface area contributed by atoms with E-state index in [1.54, 1.807) is 0 Å². The molecule has 0 radical (unpaired) electrons. The summed E-state index contributed by atoms with van der Waals surface area (Å²) in [6, 6.07) is -0.460. The Morgan fingerprint density at radius 3 is 2.24 bits per heavy atom. The number of carboxylic acid groups (broad SMARTS) is 1. The first-order valence-corrected chi connectivity index (χ1v) is 8.34. The number of carboxylic acids is 1. The summed E-state index contributed by atoms with van der Waals surface area (Å²) < 4.78 is 0. The second-order valence-corrected chi connectivity index (χ2v) is 6.60. The van der Waals surface area contributed by atoms with E-state index in [2.05, 4.69) is 5.32 Å². The lowest BCUT2D eigenvalue weighted by Gasteiger charge is -2.19. The van der Waals surface area contributed by atoms with Gasteiger partial charge in [0.05, 0.1) is 24.5 Å². The molecule has 0 saturated heterocycles. The summed E-state index contributed by atoms with van der Waals surface area (Å²) in [7, 11) is 0. The first kappa shape index (κ1) is 23.4. The molecule has 0 fully saturated rings. The lowest BCUT2D eigenvalue weighted by molar-refractivity contribution is -0.144. The number of thiocarbonyl (C=S) groups is 1. The van der Waals surface area contributed by atoms with Crippen LogP contribution >= 0.6 is 12.2 Å². The van der Waals surface area contributed by atoms with Crippen LogP contribution in [0.15, 0.2) is 0 Å². The number of nitrogens with two attached hydrogens (primary N) is 2. The summed E-state index contributed by atoms with van der Waals surface area (Å²) in [6.45, 7) is 1.36. The Labute approximate surface area is 151 Å². The van der Waals surface area contributed by atoms with Gasteiger partial charge in [-0.05, 0) is 31.1 Å². The maximum absolute atomic E-state index is 12.2. The van der Waals surface area contributed by atoms with Crippen molar-refractivity contribution in [1.29, 1.82) is 0 Å². The molecule has 0 aromatic carbocycles. The highest BCUT2D eigenvalue weighted by atomic mass is 32.1. The molecule has 0 heterocycles. The number of nitrogens with one attached hydrogen (secondary N) is 1. The fourth-order valence-corrected chi connectivity index (χ4v) is 2.57. The summed E-state index contributed by atoms with van der Waals surface area (Å²) in [5.74, 6) is -4.21. The molecule has 0 aliphatic carbocycles. The quantitative estimate of drug-likeness (QED) is 0.211. The number of amides is 2. The van der Waals surface area contributed by atoms with Crippen LogP contribution < -0.4 is 16.8 Å². The molecule has 1 unspecified atom stereocenters. The smallest absolute Gasteiger partial charge is 0.309 e. The fraction of sp³-hybridized carbons (Fsp3) is 0.733. The van der Waals surface area contributed by atoms with Gasteiger partial charge in [-0.25, -0.2) is 0 Å². The minimum absolute atomic E-state index is 0.00661. The van der Waals surface area contributed by atoms with Crippen LogP contribution in [0.25, 0.3) is 0 Å². The standard InChI is InChI=1S/C15H27N3O6S/c1-8(20)12(15(23)24)6-11(25)4-9(5-13(17)21)14(22)18-3-2-10(16)7-19/h8-10,12,19-20H,2-7,16H2,1H3,(H2,17,21)(H,18,22)(H,23,24)/t8?,9-,10+,12-/m0/s1. The average Bonchev–Trinajstić information content (AvgIpc) is 2.50. The predicted octanol–water partition coefficient (Wildman–Crippen LogP) is -1.46. The van der Waals surface area contributed by atoms with E-state index in [0.29, 0.717) is 6.42 Å². The van der Waals surface area contributed by atoms with E-state index in [1.807, 2.05) is 0 Å². The number of aliphatic carboxylic acids is 1. The van der Waals surface area contributed by atoms with Crippen LogP contribution in [0.5, 0.6) is 0 Å². The van der Waals surface area contributed by atoms with E-state index < -0.39 is 41.8 Å². The highest BCUT2D eigenvalue weighted by molar-refractivity contribution is 7.80. The molecular weight excluding hydrogens is 350 g/mol. The maximum atomic E-state index is 12.2. The van der Waals surface area contributed by atoms with Crippen molar-refractivity contribution in [2.24, 2.45) is 23.3 Å². The number of carbonyl (C=O) groups excluding carboxylic acids is 2. The summed E-state index contributed by atoms with van der Waals surface area (Å²) in [5.41, 5.74) is 10.7. The fourth-order valence-electron chi connectivity index (χ4n) is 2.18. The number of carbonyl (C=O) groups is 3. The minimum atomic E-state index is -1.19. The molecule has 4 atom stereocenters. The highest BCUT2D eigenvalue weighted by Gasteiger charge is 2.28. The Balaban J connectivity index is 4.75. The van der Waals surface area contributed by atoms with Crippen molar-refractivity contribution in [1.82, 2.24) is 5.32 Å². The van der Waals surface area contributed by atoms with Gasteiger partial charge in [0.2, 0.25) is 11.8 Å². The van der Waals surface area contributed by atoms with Crippen molar-refractivity contribution in [3.8, 4) is 0 Å². The van der Waals surface area contributed by atoms with Crippen LogP contribution in [-0.2, 0) is 14.4 Å². The van der Waals surface area contributed by atoms with Crippen molar-refractivity contribution in [2.75, 3.05) is 13.2 Å². The molecule has 0 aromatic rings. The van der Waals surface area contributed by atoms with Crippen molar-refractivity contribution in [3.05, 3.63) is 0 Å². The molecule has 10 heteroatoms. The molecule has 0 spiro atoms. The van der Waals surface area contributed by atoms with Crippen LogP contribution in [0.3, 0.4) is 0 Å². The molecule has 0 bridgehead atoms. The molecule has 0 aliphatic heterocycles. The average molecular weight is 377 g/mol. The molecule has 0 aromatic heterocycles. The van der Waals surface area contributed by atoms with E-state index in [4.69, 9.17) is 33.9 Å². The third-order valence-electron chi connectivity index (χ3n) is 3.69. The maximum Gasteiger partial charge on any atom is 0.309 e. The second kappa shape index (κ2) is 11.9. The summed E-state index contributed by atoms with van der Waals surface area (Å²) in [4.78, 5) is 34.7. The number of aliphatic hydroxyl groups excluding tert-OH is 2. The normalized spacial score (nSPS) is 15.7. The van der Waals surface area contributed by atoms with Crippen LogP contribution in [0, 0.1) is 11.8 Å². The molecule has 0 saturated carbocycles. The largest absolute Gasteiger partial charge is 0.481 e. The molecule has 0 aliphatic rings. The molecule has 0 rings (SSSR count). The van der Waals surface area contributed by atoms with Gasteiger partial charge in [0.1, 0.15) is 0 Å². The highest BCUT2D eigenvalue weighted by Crippen LogP contribution is 2.18. The lowest BCUT2D eigenvalue weighted by Crippen LogP contribution is -2.38. The first-order valence-electron chi connectivity index (χ1n) is 7.93. The Morgan fingerprint density at radius 1 is 1.20 bits per heavy atom. The van der Waals surface area contributed by atoms with Crippen molar-refractivity contribution in [2.45, 2.75) is 44.8 Å². The zero-order chi connectivity index (χ0) is 19.6. The van der Waals surface area contributed by atoms with E-state index in [0.717, 1.165) is 0 Å². The number of hydrogen-bond acceptors (Lipinski definition) is 7. The molecule has 8 N–H and O–H groups in total. The van der Waals surface area contributed by atoms with Crippen LogP contribution in [0.2, 0.25) is 0 Å². The van der Waals surface area contributed by atoms with Gasteiger partial charge < -0.3 is 32.1 Å². The van der Waals surface area contributed by atoms with Gasteiger partial charge >= 0.3 is 5.97 Å². The zero-order valence-corrected chi connectivity index (χ0v) is 15.0. The Hall–Kier alpha value is -1.62. The lowest BCUT2D eigenvalue weighted by atomic mass is 9.91. The van der Waals surface area contributed by atoms with E-state index >= 15 is 0 Å². The van der Waals surface area contributed by atoms with Crippen LogP contribution in [-0.4, -0.2) is 63.3 Å². The zero-order valence-electron chi connectivity index (χ0n) is 14.2. The van der Waals surface area contributed by atoms with E-state index in [9.17, 15) is 19.5 Å². The molecule has 25 heavy (non-hydrogen) atoms. The second-order valence-electron chi connectivity index (χ2n) is 6.02. The SMILES string of the molecule is CC(O)[C@H](CC(=S)C[C@@H](CC(N)=O)C(=O)NCC[C@@H](N)CO)C(=O)O. The molecule has 144 valence electrons. The van der Waals surface area contributed by atoms with Gasteiger partial charge in [0.25, 0.3) is 0 Å². The predicted molar refractivity (Wildman–Crippen MR) is 94.6 cm³/mol. The number of primary amides is 1. The summed E-state index contributed by atoms with van der Waals surface area (Å²) >= 11 is 5.13. The Kier molecular flexibility index (Phi) is 11.1. The van der Waals surface area contributed by atoms with Gasteiger partial charge in [-0.15, -0.1) is 0 Å². The van der Waals surface area contributed by atoms with Crippen molar-refractivity contribution in [3.63, 3.8) is 0 Å². The number of hydrogen-bond donors (Lipinski definition) is 6. The Bertz CT molecular complexity index is 486. The monoisotopic (exact) mass is 377 g/mol. The number of aliphatic hydroxyl groups is 2. The van der Waals surface area contributed by atoms with Crippen molar-refractivity contribution < 1.29 is 29.7 Å². The third-order valence-corrected chi connectivity index (χ3v) is 4.02. The minimum Gasteiger partial charge on any atom is -0.481 e. The van der Waals surface area contributed by atoms with Gasteiger partial charge in [-0.3, -0.25) is 14.4 Å². The van der Waals surface area contributed by atoms with Gasteiger partial charge in [0.15, 0.2) is 0 Å².